The number of fused-ring (bicyclic) bond motifs is 1. The average Bonchev–Trinajstić information content (AvgIpc) is 3.13. The number of H-pyrrole nitrogens is 1. The molecule has 0 aromatic heterocycles. The van der Waals surface area contributed by atoms with Crippen LogP contribution < -0.4 is 5.56 Å². The maximum Gasteiger partial charge on any atom is 0.278 e. The maximum absolute atomic E-state index is 14.2. The van der Waals surface area contributed by atoms with Crippen LogP contribution in [0.3, 0.4) is 0 Å². The molecule has 3 aromatic rings. The van der Waals surface area contributed by atoms with Crippen molar-refractivity contribution in [3.8, 4) is 17.1 Å². The highest BCUT2D eigenvalue weighted by Crippen LogP contribution is 2.24. The van der Waals surface area contributed by atoms with E-state index in [0.29, 0.717) is 12.2 Å². The number of aromatic amines is 1. The third kappa shape index (κ3) is 3.83. The fourth-order valence-electron chi connectivity index (χ4n) is 3.83. The summed E-state index contributed by atoms with van der Waals surface area (Å²) in [4.78, 5) is 21.2. The number of halogens is 2. The van der Waals surface area contributed by atoms with Gasteiger partial charge in [-0.05, 0) is 22.8 Å². The van der Waals surface area contributed by atoms with Gasteiger partial charge in [0.05, 0.1) is 11.4 Å². The molecular formula is C26H19F2N3O. The summed E-state index contributed by atoms with van der Waals surface area (Å²) in [5.41, 5.74) is 3.68. The number of nitrogens with one attached hydrogen (secondary N) is 1. The van der Waals surface area contributed by atoms with Crippen LogP contribution in [0.2, 0.25) is 0 Å². The van der Waals surface area contributed by atoms with Gasteiger partial charge in [-0.1, -0.05) is 66.7 Å². The molecule has 1 N–H and O–H groups in total. The molecular weight excluding hydrogens is 408 g/mol. The van der Waals surface area contributed by atoms with E-state index in [4.69, 9.17) is 0 Å². The zero-order chi connectivity index (χ0) is 22.1. The Morgan fingerprint density at radius 2 is 1.59 bits per heavy atom. The number of benzene rings is 3. The van der Waals surface area contributed by atoms with Crippen molar-refractivity contribution in [1.29, 1.82) is 0 Å². The van der Waals surface area contributed by atoms with Crippen LogP contribution in [0.5, 0.6) is 0 Å². The molecule has 0 unspecified atom stereocenters. The first-order chi connectivity index (χ1) is 15.6. The van der Waals surface area contributed by atoms with Crippen molar-refractivity contribution in [3.05, 3.63) is 130 Å². The summed E-state index contributed by atoms with van der Waals surface area (Å²) < 4.78 is 29.0. The molecule has 5 rings (SSSR count). The van der Waals surface area contributed by atoms with Gasteiger partial charge < -0.3 is 4.98 Å². The largest absolute Gasteiger partial charge is 0.354 e. The Hall–Kier alpha value is -4.06. The molecule has 0 saturated heterocycles. The molecule has 0 saturated carbocycles. The first kappa shape index (κ1) is 19.9. The van der Waals surface area contributed by atoms with Crippen LogP contribution in [0.4, 0.5) is 8.78 Å². The average molecular weight is 427 g/mol. The summed E-state index contributed by atoms with van der Waals surface area (Å²) in [5.74, 6) is -0.852. The normalized spacial score (nSPS) is 11.2. The maximum atomic E-state index is 14.2. The Morgan fingerprint density at radius 1 is 0.875 bits per heavy atom. The van der Waals surface area contributed by atoms with Crippen LogP contribution in [0.1, 0.15) is 22.5 Å². The zero-order valence-corrected chi connectivity index (χ0v) is 17.1. The number of hydrogen-bond donors (Lipinski definition) is 1. The predicted molar refractivity (Wildman–Crippen MR) is 119 cm³/mol. The second-order valence-corrected chi connectivity index (χ2v) is 7.64. The first-order valence-electron chi connectivity index (χ1n) is 10.2. The molecule has 4 nitrogen and oxygen atoms in total. The van der Waals surface area contributed by atoms with Gasteiger partial charge in [-0.2, -0.15) is 0 Å². The van der Waals surface area contributed by atoms with Crippen LogP contribution >= 0.6 is 0 Å². The van der Waals surface area contributed by atoms with Gasteiger partial charge >= 0.3 is 0 Å². The molecule has 6 heteroatoms. The second-order valence-electron chi connectivity index (χ2n) is 7.64. The van der Waals surface area contributed by atoms with Crippen molar-refractivity contribution in [2.24, 2.45) is 0 Å². The number of aromatic nitrogens is 3. The monoisotopic (exact) mass is 427 g/mol. The molecule has 0 bridgehead atoms. The van der Waals surface area contributed by atoms with E-state index in [9.17, 15) is 13.6 Å². The lowest BCUT2D eigenvalue weighted by molar-refractivity contribution is 0.574. The van der Waals surface area contributed by atoms with Crippen LogP contribution in [0.25, 0.3) is 17.1 Å². The van der Waals surface area contributed by atoms with Gasteiger partial charge in [0, 0.05) is 25.1 Å². The lowest BCUT2D eigenvalue weighted by Gasteiger charge is -2.13. The summed E-state index contributed by atoms with van der Waals surface area (Å²) in [6.45, 7) is 0. The number of nitrogens with zero attached hydrogens (tertiary/aromatic N) is 2. The molecule has 0 fully saturated rings. The molecule has 0 aliphatic carbocycles. The second kappa shape index (κ2) is 8.23. The van der Waals surface area contributed by atoms with Gasteiger partial charge in [-0.15, -0.1) is 0 Å². The van der Waals surface area contributed by atoms with Crippen LogP contribution in [-0.2, 0) is 12.8 Å². The number of rotatable bonds is 5. The van der Waals surface area contributed by atoms with Crippen molar-refractivity contribution in [2.75, 3.05) is 0 Å². The first-order valence-corrected chi connectivity index (χ1v) is 10.2. The molecule has 3 aromatic carbocycles. The van der Waals surface area contributed by atoms with E-state index in [1.165, 1.54) is 16.7 Å². The Kier molecular flexibility index (Phi) is 5.11. The van der Waals surface area contributed by atoms with E-state index in [-0.39, 0.29) is 23.2 Å². The van der Waals surface area contributed by atoms with Gasteiger partial charge in [-0.25, -0.2) is 13.8 Å². The van der Waals surface area contributed by atoms with Crippen LogP contribution in [-0.4, -0.2) is 14.5 Å². The van der Waals surface area contributed by atoms with Crippen molar-refractivity contribution in [2.45, 2.75) is 12.8 Å². The third-order valence-electron chi connectivity index (χ3n) is 5.43. The highest BCUT2D eigenvalue weighted by Gasteiger charge is 2.21. The predicted octanol–water partition coefficient (Wildman–Crippen LogP) is 5.13. The van der Waals surface area contributed by atoms with E-state index >= 15 is 0 Å². The van der Waals surface area contributed by atoms with Gasteiger partial charge in [-0.3, -0.25) is 9.36 Å². The third-order valence-corrected chi connectivity index (χ3v) is 5.43. The highest BCUT2D eigenvalue weighted by atomic mass is 19.1. The van der Waals surface area contributed by atoms with E-state index in [0.717, 1.165) is 28.6 Å². The van der Waals surface area contributed by atoms with Crippen molar-refractivity contribution >= 4 is 0 Å². The zero-order valence-electron chi connectivity index (χ0n) is 17.1. The highest BCUT2D eigenvalue weighted by molar-refractivity contribution is 5.60. The molecule has 32 heavy (non-hydrogen) atoms. The topological polar surface area (TPSA) is 50.7 Å². The molecule has 0 amide bonds. The summed E-state index contributed by atoms with van der Waals surface area (Å²) in [6.07, 6.45) is 2.25. The van der Waals surface area contributed by atoms with Crippen LogP contribution in [0, 0.1) is 11.6 Å². The summed E-state index contributed by atoms with van der Waals surface area (Å²) in [5, 5.41) is 0. The Bertz CT molecular complexity index is 1410. The minimum absolute atomic E-state index is 0.0158. The van der Waals surface area contributed by atoms with Crippen molar-refractivity contribution in [1.82, 2.24) is 14.5 Å². The fraction of sp³-hybridized carbons (Fsp3) is 0.0769. The standard InChI is InChI=1S/C26H19F2N3O/c27-20-12-11-19(21(28)15-20)14-23-26(32)31-16-24(18-9-5-2-6-10-18)29-22(25(31)30-23)13-17-7-3-1-4-8-17/h1-12,15-16,29H,13-14H2. The summed E-state index contributed by atoms with van der Waals surface area (Å²) >= 11 is 0. The Morgan fingerprint density at radius 3 is 2.31 bits per heavy atom. The van der Waals surface area contributed by atoms with Crippen molar-refractivity contribution in [3.63, 3.8) is 0 Å². The van der Waals surface area contributed by atoms with Gasteiger partial charge in [0.25, 0.3) is 5.56 Å². The van der Waals surface area contributed by atoms with Gasteiger partial charge in [0.2, 0.25) is 0 Å². The van der Waals surface area contributed by atoms with E-state index in [1.807, 2.05) is 60.7 Å². The van der Waals surface area contributed by atoms with Gasteiger partial charge in [0.1, 0.15) is 17.3 Å². The SMILES string of the molecule is O=c1c(Cc2ccc(F)cc2F)nc2c(Cc3ccccc3)[nH]c(-c3ccccc3)cn1-2. The van der Waals surface area contributed by atoms with E-state index in [1.54, 1.807) is 6.20 Å². The molecule has 2 heterocycles. The van der Waals surface area contributed by atoms with Crippen LogP contribution in [0.15, 0.2) is 89.9 Å². The van der Waals surface area contributed by atoms with E-state index in [2.05, 4.69) is 9.97 Å². The minimum Gasteiger partial charge on any atom is -0.354 e. The van der Waals surface area contributed by atoms with Gasteiger partial charge in [0.15, 0.2) is 5.82 Å². The quantitative estimate of drug-likeness (QED) is 0.423. The molecule has 2 aliphatic heterocycles. The minimum atomic E-state index is -0.692. The molecule has 158 valence electrons. The summed E-state index contributed by atoms with van der Waals surface area (Å²) in [6, 6.07) is 22.9. The smallest absolute Gasteiger partial charge is 0.278 e. The molecule has 0 atom stereocenters. The lowest BCUT2D eigenvalue weighted by Crippen LogP contribution is -2.18. The Balaban J connectivity index is 1.65. The Labute approximate surface area is 183 Å². The molecule has 0 spiro atoms. The molecule has 2 aliphatic rings. The van der Waals surface area contributed by atoms with E-state index < -0.39 is 11.6 Å². The number of imidazole rings is 1. The molecule has 0 radical (unpaired) electrons. The fourth-order valence-corrected chi connectivity index (χ4v) is 3.83. The van der Waals surface area contributed by atoms with Crippen molar-refractivity contribution < 1.29 is 8.78 Å². The number of hydrogen-bond acceptors (Lipinski definition) is 2. The lowest BCUT2D eigenvalue weighted by atomic mass is 10.1. The summed E-state index contributed by atoms with van der Waals surface area (Å²) in [7, 11) is 0.